The number of sulfonamides is 1. The Kier molecular flexibility index (Phi) is 7.68. The van der Waals surface area contributed by atoms with Crippen molar-refractivity contribution in [1.82, 2.24) is 9.62 Å². The molecule has 0 radical (unpaired) electrons. The molecule has 0 aliphatic carbocycles. The lowest BCUT2D eigenvalue weighted by atomic mass is 10.2. The average molecular weight is 393 g/mol. The number of nitrogens with zero attached hydrogens (tertiary/aromatic N) is 1. The molecule has 2 aromatic carbocycles. The lowest BCUT2D eigenvalue weighted by Crippen LogP contribution is -2.39. The SMILES string of the molecule is Cc1cccc(CSCCNC(=O)CN(C)S(=O)(=O)c2ccccc2)c1. The third-order valence-electron chi connectivity index (χ3n) is 3.74. The Morgan fingerprint density at radius 1 is 1.12 bits per heavy atom. The van der Waals surface area contributed by atoms with Crippen molar-refractivity contribution in [3.8, 4) is 0 Å². The number of benzene rings is 2. The highest BCUT2D eigenvalue weighted by Crippen LogP contribution is 2.14. The molecule has 26 heavy (non-hydrogen) atoms. The summed E-state index contributed by atoms with van der Waals surface area (Å²) in [5.41, 5.74) is 2.49. The number of amides is 1. The minimum Gasteiger partial charge on any atom is -0.354 e. The molecule has 0 bridgehead atoms. The fourth-order valence-corrected chi connectivity index (χ4v) is 4.32. The lowest BCUT2D eigenvalue weighted by molar-refractivity contribution is -0.121. The summed E-state index contributed by atoms with van der Waals surface area (Å²) in [6.07, 6.45) is 0. The topological polar surface area (TPSA) is 66.5 Å². The zero-order chi connectivity index (χ0) is 19.0. The smallest absolute Gasteiger partial charge is 0.243 e. The maximum atomic E-state index is 12.4. The Labute approximate surface area is 159 Å². The van der Waals surface area contributed by atoms with E-state index in [0.717, 1.165) is 15.8 Å². The molecule has 0 atom stereocenters. The van der Waals surface area contributed by atoms with Gasteiger partial charge in [-0.3, -0.25) is 4.79 Å². The Morgan fingerprint density at radius 3 is 2.54 bits per heavy atom. The van der Waals surface area contributed by atoms with Gasteiger partial charge in [-0.2, -0.15) is 16.1 Å². The molecule has 0 aliphatic rings. The van der Waals surface area contributed by atoms with Crippen LogP contribution in [0, 0.1) is 6.92 Å². The largest absolute Gasteiger partial charge is 0.354 e. The van der Waals surface area contributed by atoms with Gasteiger partial charge in [0.15, 0.2) is 0 Å². The monoisotopic (exact) mass is 392 g/mol. The van der Waals surface area contributed by atoms with Crippen LogP contribution >= 0.6 is 11.8 Å². The summed E-state index contributed by atoms with van der Waals surface area (Å²) in [5.74, 6) is 1.36. The van der Waals surface area contributed by atoms with Gasteiger partial charge in [-0.05, 0) is 24.6 Å². The van der Waals surface area contributed by atoms with Crippen LogP contribution in [0.3, 0.4) is 0 Å². The molecule has 0 aromatic heterocycles. The van der Waals surface area contributed by atoms with Gasteiger partial charge in [0, 0.05) is 25.1 Å². The summed E-state index contributed by atoms with van der Waals surface area (Å²) in [4.78, 5) is 12.2. The van der Waals surface area contributed by atoms with Crippen molar-refractivity contribution in [2.24, 2.45) is 0 Å². The molecule has 0 fully saturated rings. The quantitative estimate of drug-likeness (QED) is 0.666. The van der Waals surface area contributed by atoms with E-state index < -0.39 is 10.0 Å². The van der Waals surface area contributed by atoms with Crippen molar-refractivity contribution < 1.29 is 13.2 Å². The van der Waals surface area contributed by atoms with E-state index in [9.17, 15) is 13.2 Å². The number of likely N-dealkylation sites (N-methyl/N-ethyl adjacent to an activating group) is 1. The van der Waals surface area contributed by atoms with E-state index in [1.807, 2.05) is 6.07 Å². The Hall–Kier alpha value is -1.83. The number of nitrogens with one attached hydrogen (secondary N) is 1. The Morgan fingerprint density at radius 2 is 1.85 bits per heavy atom. The van der Waals surface area contributed by atoms with Crippen LogP contribution in [-0.4, -0.2) is 44.5 Å². The van der Waals surface area contributed by atoms with Crippen molar-refractivity contribution in [2.75, 3.05) is 25.9 Å². The predicted octanol–water partition coefficient (Wildman–Crippen LogP) is 2.67. The van der Waals surface area contributed by atoms with Crippen LogP contribution < -0.4 is 5.32 Å². The molecule has 2 rings (SSSR count). The summed E-state index contributed by atoms with van der Waals surface area (Å²) < 4.78 is 25.8. The Balaban J connectivity index is 1.71. The second kappa shape index (κ2) is 9.75. The van der Waals surface area contributed by atoms with Crippen LogP contribution in [0.4, 0.5) is 0 Å². The molecule has 7 heteroatoms. The van der Waals surface area contributed by atoms with E-state index in [1.165, 1.54) is 30.3 Å². The average Bonchev–Trinajstić information content (AvgIpc) is 2.62. The van der Waals surface area contributed by atoms with Gasteiger partial charge in [0.25, 0.3) is 0 Å². The van der Waals surface area contributed by atoms with Crippen molar-refractivity contribution in [2.45, 2.75) is 17.6 Å². The fourth-order valence-electron chi connectivity index (χ4n) is 2.37. The van der Waals surface area contributed by atoms with Crippen LogP contribution in [-0.2, 0) is 20.6 Å². The number of hydrogen-bond acceptors (Lipinski definition) is 4. The number of thioether (sulfide) groups is 1. The summed E-state index contributed by atoms with van der Waals surface area (Å²) in [5, 5.41) is 2.77. The van der Waals surface area contributed by atoms with Crippen molar-refractivity contribution in [3.05, 3.63) is 65.7 Å². The first-order valence-electron chi connectivity index (χ1n) is 8.31. The molecular weight excluding hydrogens is 368 g/mol. The summed E-state index contributed by atoms with van der Waals surface area (Å²) in [7, 11) is -2.23. The number of carbonyl (C=O) groups is 1. The van der Waals surface area contributed by atoms with E-state index in [1.54, 1.807) is 30.0 Å². The van der Waals surface area contributed by atoms with Gasteiger partial charge >= 0.3 is 0 Å². The zero-order valence-corrected chi connectivity index (χ0v) is 16.6. The molecule has 0 spiro atoms. The van der Waals surface area contributed by atoms with Crippen molar-refractivity contribution in [3.63, 3.8) is 0 Å². The number of hydrogen-bond donors (Lipinski definition) is 1. The van der Waals surface area contributed by atoms with Gasteiger partial charge in [-0.15, -0.1) is 0 Å². The van der Waals surface area contributed by atoms with Crippen molar-refractivity contribution in [1.29, 1.82) is 0 Å². The zero-order valence-electron chi connectivity index (χ0n) is 15.0. The minimum atomic E-state index is -3.64. The van der Waals surface area contributed by atoms with Gasteiger partial charge in [-0.1, -0.05) is 48.0 Å². The molecular formula is C19H24N2O3S2. The van der Waals surface area contributed by atoms with Crippen LogP contribution in [0.1, 0.15) is 11.1 Å². The maximum Gasteiger partial charge on any atom is 0.243 e. The normalized spacial score (nSPS) is 11.5. The molecule has 0 saturated carbocycles. The molecule has 0 unspecified atom stereocenters. The van der Waals surface area contributed by atoms with E-state index in [2.05, 4.69) is 30.4 Å². The van der Waals surface area contributed by atoms with Crippen LogP contribution in [0.5, 0.6) is 0 Å². The first kappa shape index (κ1) is 20.5. The highest BCUT2D eigenvalue weighted by Gasteiger charge is 2.22. The number of aryl methyl sites for hydroxylation is 1. The molecule has 2 aromatic rings. The molecule has 140 valence electrons. The standard InChI is InChI=1S/C19H24N2O3S2/c1-16-7-6-8-17(13-16)15-25-12-11-20-19(22)14-21(2)26(23,24)18-9-4-3-5-10-18/h3-10,13H,11-12,14-15H2,1-2H3,(H,20,22). The molecule has 5 nitrogen and oxygen atoms in total. The van der Waals surface area contributed by atoms with E-state index in [4.69, 9.17) is 0 Å². The highest BCUT2D eigenvalue weighted by atomic mass is 32.2. The lowest BCUT2D eigenvalue weighted by Gasteiger charge is -2.16. The maximum absolute atomic E-state index is 12.4. The molecule has 1 amide bonds. The second-order valence-electron chi connectivity index (χ2n) is 5.97. The van der Waals surface area contributed by atoms with E-state index >= 15 is 0 Å². The first-order chi connectivity index (χ1) is 12.4. The summed E-state index contributed by atoms with van der Waals surface area (Å²) in [6.45, 7) is 2.38. The van der Waals surface area contributed by atoms with Crippen LogP contribution in [0.15, 0.2) is 59.5 Å². The van der Waals surface area contributed by atoms with Gasteiger partial charge in [0.05, 0.1) is 11.4 Å². The molecule has 0 heterocycles. The highest BCUT2D eigenvalue weighted by molar-refractivity contribution is 7.98. The molecule has 0 saturated heterocycles. The van der Waals surface area contributed by atoms with Gasteiger partial charge in [0.1, 0.15) is 0 Å². The molecule has 0 aliphatic heterocycles. The summed E-state index contributed by atoms with van der Waals surface area (Å²) in [6, 6.07) is 16.4. The third-order valence-corrected chi connectivity index (χ3v) is 6.59. The fraction of sp³-hybridized carbons (Fsp3) is 0.316. The van der Waals surface area contributed by atoms with E-state index in [-0.39, 0.29) is 17.3 Å². The minimum absolute atomic E-state index is 0.184. The van der Waals surface area contributed by atoms with Crippen molar-refractivity contribution >= 4 is 27.7 Å². The summed E-state index contributed by atoms with van der Waals surface area (Å²) >= 11 is 1.73. The van der Waals surface area contributed by atoms with Gasteiger partial charge < -0.3 is 5.32 Å². The van der Waals surface area contributed by atoms with E-state index in [0.29, 0.717) is 6.54 Å². The van der Waals surface area contributed by atoms with Crippen LogP contribution in [0.25, 0.3) is 0 Å². The number of rotatable bonds is 9. The third kappa shape index (κ3) is 6.16. The Bertz CT molecular complexity index is 824. The first-order valence-corrected chi connectivity index (χ1v) is 10.9. The molecule has 1 N–H and O–H groups in total. The predicted molar refractivity (Wildman–Crippen MR) is 107 cm³/mol. The second-order valence-corrected chi connectivity index (χ2v) is 9.12. The van der Waals surface area contributed by atoms with Gasteiger partial charge in [-0.25, -0.2) is 8.42 Å². The van der Waals surface area contributed by atoms with Crippen LogP contribution in [0.2, 0.25) is 0 Å². The number of carbonyl (C=O) groups excluding carboxylic acids is 1. The van der Waals surface area contributed by atoms with Gasteiger partial charge in [0.2, 0.25) is 15.9 Å².